The van der Waals surface area contributed by atoms with Crippen LogP contribution in [0.5, 0.6) is 0 Å². The molecular formula is C15H21N3O2S. The third-order valence-electron chi connectivity index (χ3n) is 3.31. The van der Waals surface area contributed by atoms with Crippen LogP contribution in [-0.2, 0) is 22.9 Å². The average molecular weight is 307 g/mol. The molecule has 2 rings (SSSR count). The first kappa shape index (κ1) is 15.6. The molecule has 0 bridgehead atoms. The van der Waals surface area contributed by atoms with Crippen molar-refractivity contribution in [2.45, 2.75) is 38.3 Å². The molecule has 6 heteroatoms. The van der Waals surface area contributed by atoms with Gasteiger partial charge in [0, 0.05) is 18.4 Å². The SMILES string of the molecule is CCCn1nccc1CNc1ccc(S(=O)(=O)CC)cc1. The molecule has 21 heavy (non-hydrogen) atoms. The first-order chi connectivity index (χ1) is 10.1. The highest BCUT2D eigenvalue weighted by molar-refractivity contribution is 7.91. The van der Waals surface area contributed by atoms with Gasteiger partial charge in [-0.05, 0) is 36.8 Å². The van der Waals surface area contributed by atoms with Crippen molar-refractivity contribution in [3.05, 3.63) is 42.2 Å². The maximum absolute atomic E-state index is 11.7. The van der Waals surface area contributed by atoms with Crippen molar-refractivity contribution in [3.8, 4) is 0 Å². The Hall–Kier alpha value is -1.82. The average Bonchev–Trinajstić information content (AvgIpc) is 2.93. The van der Waals surface area contributed by atoms with Crippen molar-refractivity contribution >= 4 is 15.5 Å². The van der Waals surface area contributed by atoms with Gasteiger partial charge in [-0.25, -0.2) is 8.42 Å². The van der Waals surface area contributed by atoms with Crippen LogP contribution in [0, 0.1) is 0 Å². The van der Waals surface area contributed by atoms with E-state index in [0.29, 0.717) is 11.4 Å². The molecule has 0 unspecified atom stereocenters. The Labute approximate surface area is 125 Å². The molecule has 0 aliphatic rings. The predicted octanol–water partition coefficient (Wildman–Crippen LogP) is 2.70. The Morgan fingerprint density at radius 2 is 1.86 bits per heavy atom. The molecule has 2 aromatic rings. The van der Waals surface area contributed by atoms with E-state index in [2.05, 4.69) is 17.3 Å². The van der Waals surface area contributed by atoms with E-state index in [-0.39, 0.29) is 5.75 Å². The Balaban J connectivity index is 2.02. The summed E-state index contributed by atoms with van der Waals surface area (Å²) < 4.78 is 25.5. The quantitative estimate of drug-likeness (QED) is 0.854. The van der Waals surface area contributed by atoms with Crippen molar-refractivity contribution in [1.82, 2.24) is 9.78 Å². The van der Waals surface area contributed by atoms with Crippen LogP contribution in [-0.4, -0.2) is 24.0 Å². The van der Waals surface area contributed by atoms with Gasteiger partial charge in [-0.3, -0.25) is 4.68 Å². The van der Waals surface area contributed by atoms with Gasteiger partial charge in [0.05, 0.1) is 22.9 Å². The fourth-order valence-electron chi connectivity index (χ4n) is 2.06. The second-order valence-electron chi connectivity index (χ2n) is 4.83. The summed E-state index contributed by atoms with van der Waals surface area (Å²) in [6.07, 6.45) is 2.84. The summed E-state index contributed by atoms with van der Waals surface area (Å²) in [5.41, 5.74) is 2.01. The van der Waals surface area contributed by atoms with Gasteiger partial charge < -0.3 is 5.32 Å². The normalized spacial score (nSPS) is 11.5. The number of rotatable bonds is 7. The van der Waals surface area contributed by atoms with Gasteiger partial charge in [0.1, 0.15) is 0 Å². The molecule has 114 valence electrons. The van der Waals surface area contributed by atoms with E-state index in [0.717, 1.165) is 24.3 Å². The molecule has 0 amide bonds. The Bertz CT molecular complexity index is 675. The maximum Gasteiger partial charge on any atom is 0.178 e. The topological polar surface area (TPSA) is 64.0 Å². The Kier molecular flexibility index (Phi) is 5.01. The van der Waals surface area contributed by atoms with Crippen molar-refractivity contribution in [2.75, 3.05) is 11.1 Å². The third kappa shape index (κ3) is 3.85. The first-order valence-corrected chi connectivity index (χ1v) is 8.79. The summed E-state index contributed by atoms with van der Waals surface area (Å²) in [6.45, 7) is 5.33. The van der Waals surface area contributed by atoms with Gasteiger partial charge in [0.2, 0.25) is 0 Å². The van der Waals surface area contributed by atoms with Crippen LogP contribution in [0.25, 0.3) is 0 Å². The molecule has 0 spiro atoms. The minimum absolute atomic E-state index is 0.121. The van der Waals surface area contributed by atoms with Crippen molar-refractivity contribution in [1.29, 1.82) is 0 Å². The van der Waals surface area contributed by atoms with Crippen LogP contribution in [0.15, 0.2) is 41.4 Å². The molecule has 1 heterocycles. The number of benzene rings is 1. The van der Waals surface area contributed by atoms with Gasteiger partial charge >= 0.3 is 0 Å². The number of aromatic nitrogens is 2. The molecule has 0 saturated heterocycles. The minimum atomic E-state index is -3.13. The molecule has 0 radical (unpaired) electrons. The van der Waals surface area contributed by atoms with Gasteiger partial charge in [-0.2, -0.15) is 5.10 Å². The lowest BCUT2D eigenvalue weighted by molar-refractivity contribution is 0.578. The van der Waals surface area contributed by atoms with Crippen LogP contribution >= 0.6 is 0 Å². The predicted molar refractivity (Wildman–Crippen MR) is 84.0 cm³/mol. The maximum atomic E-state index is 11.7. The molecule has 1 N–H and O–H groups in total. The van der Waals surface area contributed by atoms with Crippen LogP contribution < -0.4 is 5.32 Å². The molecule has 1 aromatic heterocycles. The highest BCUT2D eigenvalue weighted by Gasteiger charge is 2.10. The third-order valence-corrected chi connectivity index (χ3v) is 5.06. The summed E-state index contributed by atoms with van der Waals surface area (Å²) in [5, 5.41) is 7.56. The van der Waals surface area contributed by atoms with Crippen molar-refractivity contribution in [2.24, 2.45) is 0 Å². The number of hydrogen-bond donors (Lipinski definition) is 1. The molecule has 0 aliphatic carbocycles. The molecule has 0 aliphatic heterocycles. The number of aryl methyl sites for hydroxylation is 1. The zero-order chi connectivity index (χ0) is 15.3. The summed E-state index contributed by atoms with van der Waals surface area (Å²) in [5.74, 6) is 0.121. The van der Waals surface area contributed by atoms with Gasteiger partial charge in [0.15, 0.2) is 9.84 Å². The number of nitrogens with one attached hydrogen (secondary N) is 1. The fraction of sp³-hybridized carbons (Fsp3) is 0.400. The van der Waals surface area contributed by atoms with Crippen LogP contribution in [0.3, 0.4) is 0 Å². The van der Waals surface area contributed by atoms with Crippen molar-refractivity contribution in [3.63, 3.8) is 0 Å². The van der Waals surface area contributed by atoms with Gasteiger partial charge in [0.25, 0.3) is 0 Å². The zero-order valence-corrected chi connectivity index (χ0v) is 13.2. The van der Waals surface area contributed by atoms with Crippen molar-refractivity contribution < 1.29 is 8.42 Å². The minimum Gasteiger partial charge on any atom is -0.379 e. The smallest absolute Gasteiger partial charge is 0.178 e. The molecule has 1 aromatic carbocycles. The second kappa shape index (κ2) is 6.76. The second-order valence-corrected chi connectivity index (χ2v) is 7.11. The van der Waals surface area contributed by atoms with E-state index in [1.165, 1.54) is 0 Å². The Morgan fingerprint density at radius 3 is 2.48 bits per heavy atom. The van der Waals surface area contributed by atoms with Crippen LogP contribution in [0.1, 0.15) is 26.0 Å². The summed E-state index contributed by atoms with van der Waals surface area (Å²) in [6, 6.07) is 8.86. The Morgan fingerprint density at radius 1 is 1.14 bits per heavy atom. The number of sulfone groups is 1. The summed E-state index contributed by atoms with van der Waals surface area (Å²) in [4.78, 5) is 0.367. The highest BCUT2D eigenvalue weighted by atomic mass is 32.2. The lowest BCUT2D eigenvalue weighted by Gasteiger charge is -2.09. The number of nitrogens with zero attached hydrogens (tertiary/aromatic N) is 2. The van der Waals surface area contributed by atoms with Gasteiger partial charge in [-0.1, -0.05) is 13.8 Å². The molecule has 0 fully saturated rings. The van der Waals surface area contributed by atoms with Crippen LogP contribution in [0.2, 0.25) is 0 Å². The lowest BCUT2D eigenvalue weighted by Crippen LogP contribution is -2.09. The largest absolute Gasteiger partial charge is 0.379 e. The number of anilines is 1. The van der Waals surface area contributed by atoms with E-state index in [1.54, 1.807) is 37.4 Å². The number of hydrogen-bond acceptors (Lipinski definition) is 4. The van der Waals surface area contributed by atoms with E-state index in [1.807, 2.05) is 10.7 Å². The monoisotopic (exact) mass is 307 g/mol. The lowest BCUT2D eigenvalue weighted by atomic mass is 10.3. The van der Waals surface area contributed by atoms with Crippen LogP contribution in [0.4, 0.5) is 5.69 Å². The van der Waals surface area contributed by atoms with Gasteiger partial charge in [-0.15, -0.1) is 0 Å². The molecular weight excluding hydrogens is 286 g/mol. The van der Waals surface area contributed by atoms with E-state index < -0.39 is 9.84 Å². The fourth-order valence-corrected chi connectivity index (χ4v) is 2.95. The molecule has 0 atom stereocenters. The van der Waals surface area contributed by atoms with E-state index in [4.69, 9.17) is 0 Å². The first-order valence-electron chi connectivity index (χ1n) is 7.14. The van der Waals surface area contributed by atoms with E-state index >= 15 is 0 Å². The summed E-state index contributed by atoms with van der Waals surface area (Å²) in [7, 11) is -3.13. The van der Waals surface area contributed by atoms with E-state index in [9.17, 15) is 8.42 Å². The molecule has 0 saturated carbocycles. The highest BCUT2D eigenvalue weighted by Crippen LogP contribution is 2.16. The summed E-state index contributed by atoms with van der Waals surface area (Å²) >= 11 is 0. The zero-order valence-electron chi connectivity index (χ0n) is 12.4. The molecule has 5 nitrogen and oxygen atoms in total. The standard InChI is InChI=1S/C15H21N3O2S/c1-3-11-18-14(9-10-17-18)12-16-13-5-7-15(8-6-13)21(19,20)4-2/h5-10,16H,3-4,11-12H2,1-2H3.